The average Bonchev–Trinajstić information content (AvgIpc) is 3.10. The van der Waals surface area contributed by atoms with Gasteiger partial charge >= 0.3 is 0 Å². The Hall–Kier alpha value is -3.19. The molecular formula is C23H18F2N2O2S. The summed E-state index contributed by atoms with van der Waals surface area (Å²) < 4.78 is 27.6. The maximum atomic E-state index is 14.3. The van der Waals surface area contributed by atoms with E-state index in [9.17, 15) is 18.4 Å². The number of carbonyl (C=O) groups excluding carboxylic acids is 2. The lowest BCUT2D eigenvalue weighted by Crippen LogP contribution is -2.28. The molecule has 1 heterocycles. The van der Waals surface area contributed by atoms with Crippen LogP contribution >= 0.6 is 11.8 Å². The van der Waals surface area contributed by atoms with Crippen molar-refractivity contribution in [1.29, 1.82) is 0 Å². The Morgan fingerprint density at radius 1 is 1.07 bits per heavy atom. The normalized spacial score (nSPS) is 16.0. The van der Waals surface area contributed by atoms with Gasteiger partial charge < -0.3 is 5.32 Å². The predicted molar refractivity (Wildman–Crippen MR) is 115 cm³/mol. The Morgan fingerprint density at radius 2 is 1.83 bits per heavy atom. The van der Waals surface area contributed by atoms with Gasteiger partial charge in [-0.3, -0.25) is 14.5 Å². The van der Waals surface area contributed by atoms with Crippen molar-refractivity contribution in [3.63, 3.8) is 0 Å². The Balaban J connectivity index is 1.60. The molecule has 1 aliphatic rings. The minimum absolute atomic E-state index is 0.0329. The molecule has 0 saturated carbocycles. The van der Waals surface area contributed by atoms with E-state index in [1.54, 1.807) is 30.3 Å². The molecule has 3 aromatic carbocycles. The molecule has 1 N–H and O–H groups in total. The number of halogens is 2. The Kier molecular flexibility index (Phi) is 5.55. The number of thioether (sulfide) groups is 1. The Bertz CT molecular complexity index is 1120. The molecule has 0 bridgehead atoms. The first-order valence-electron chi connectivity index (χ1n) is 9.29. The van der Waals surface area contributed by atoms with Gasteiger partial charge in [0.25, 0.3) is 5.91 Å². The summed E-state index contributed by atoms with van der Waals surface area (Å²) in [6.45, 7) is 1.95. The van der Waals surface area contributed by atoms with Gasteiger partial charge in [0.05, 0.1) is 11.4 Å². The van der Waals surface area contributed by atoms with Crippen LogP contribution in [0.3, 0.4) is 0 Å². The summed E-state index contributed by atoms with van der Waals surface area (Å²) in [4.78, 5) is 26.3. The minimum atomic E-state index is -0.792. The Labute approximate surface area is 176 Å². The second-order valence-corrected chi connectivity index (χ2v) is 8.04. The third-order valence-electron chi connectivity index (χ3n) is 4.78. The van der Waals surface area contributed by atoms with E-state index in [2.05, 4.69) is 5.32 Å². The molecule has 3 aromatic rings. The molecule has 0 radical (unpaired) electrons. The molecule has 0 spiro atoms. The monoisotopic (exact) mass is 424 g/mol. The molecule has 0 unspecified atom stereocenters. The molecule has 7 heteroatoms. The predicted octanol–water partition coefficient (Wildman–Crippen LogP) is 5.30. The zero-order valence-electron chi connectivity index (χ0n) is 16.1. The van der Waals surface area contributed by atoms with Crippen molar-refractivity contribution in [2.45, 2.75) is 12.3 Å². The fourth-order valence-corrected chi connectivity index (χ4v) is 4.44. The number of carbonyl (C=O) groups is 2. The molecule has 152 valence electrons. The van der Waals surface area contributed by atoms with Crippen LogP contribution in [-0.2, 0) is 4.79 Å². The molecule has 1 fully saturated rings. The second-order valence-electron chi connectivity index (χ2n) is 6.97. The van der Waals surface area contributed by atoms with Gasteiger partial charge in [-0.15, -0.1) is 11.8 Å². The van der Waals surface area contributed by atoms with Crippen molar-refractivity contribution in [2.24, 2.45) is 0 Å². The fourth-order valence-electron chi connectivity index (χ4n) is 3.29. The lowest BCUT2D eigenvalue weighted by atomic mass is 10.1. The van der Waals surface area contributed by atoms with Crippen LogP contribution < -0.4 is 10.2 Å². The van der Waals surface area contributed by atoms with E-state index in [4.69, 9.17) is 0 Å². The minimum Gasteiger partial charge on any atom is -0.322 e. The lowest BCUT2D eigenvalue weighted by molar-refractivity contribution is -0.115. The number of aryl methyl sites for hydroxylation is 1. The van der Waals surface area contributed by atoms with Gasteiger partial charge in [-0.2, -0.15) is 0 Å². The molecule has 1 atom stereocenters. The highest BCUT2D eigenvalue weighted by Gasteiger charge is 2.35. The molecule has 1 saturated heterocycles. The highest BCUT2D eigenvalue weighted by Crippen LogP contribution is 2.43. The first-order valence-corrected chi connectivity index (χ1v) is 10.3. The highest BCUT2D eigenvalue weighted by molar-refractivity contribution is 8.00. The van der Waals surface area contributed by atoms with Crippen LogP contribution in [0, 0.1) is 18.6 Å². The van der Waals surface area contributed by atoms with Gasteiger partial charge in [0.2, 0.25) is 5.91 Å². The Morgan fingerprint density at radius 3 is 2.57 bits per heavy atom. The first kappa shape index (κ1) is 20.1. The van der Waals surface area contributed by atoms with Gasteiger partial charge in [-0.05, 0) is 48.9 Å². The molecule has 4 nitrogen and oxygen atoms in total. The molecule has 0 aromatic heterocycles. The van der Waals surface area contributed by atoms with Crippen molar-refractivity contribution < 1.29 is 18.4 Å². The maximum Gasteiger partial charge on any atom is 0.255 e. The summed E-state index contributed by atoms with van der Waals surface area (Å²) in [5, 5.41) is 2.37. The van der Waals surface area contributed by atoms with Gasteiger partial charge in [-0.25, -0.2) is 8.78 Å². The van der Waals surface area contributed by atoms with Crippen LogP contribution in [0.1, 0.15) is 26.9 Å². The number of hydrogen-bond donors (Lipinski definition) is 1. The number of rotatable bonds is 4. The van der Waals surface area contributed by atoms with Crippen molar-refractivity contribution in [2.75, 3.05) is 16.0 Å². The van der Waals surface area contributed by atoms with E-state index in [1.165, 1.54) is 22.7 Å². The fraction of sp³-hybridized carbons (Fsp3) is 0.130. The highest BCUT2D eigenvalue weighted by atomic mass is 32.2. The van der Waals surface area contributed by atoms with Crippen molar-refractivity contribution in [3.8, 4) is 0 Å². The second kappa shape index (κ2) is 8.28. The number of benzene rings is 3. The van der Waals surface area contributed by atoms with Crippen LogP contribution in [0.2, 0.25) is 0 Å². The maximum absolute atomic E-state index is 14.3. The average molecular weight is 424 g/mol. The zero-order valence-corrected chi connectivity index (χ0v) is 16.9. The number of nitrogens with zero attached hydrogens (tertiary/aromatic N) is 1. The largest absolute Gasteiger partial charge is 0.322 e. The van der Waals surface area contributed by atoms with Crippen LogP contribution in [0.4, 0.5) is 20.2 Å². The summed E-state index contributed by atoms with van der Waals surface area (Å²) in [7, 11) is 0. The molecule has 0 aliphatic carbocycles. The number of anilines is 2. The van der Waals surface area contributed by atoms with E-state index >= 15 is 0 Å². The van der Waals surface area contributed by atoms with E-state index in [0.717, 1.165) is 23.3 Å². The summed E-state index contributed by atoms with van der Waals surface area (Å²) in [5.41, 5.74) is 2.93. The van der Waals surface area contributed by atoms with Crippen LogP contribution in [0.15, 0.2) is 66.7 Å². The van der Waals surface area contributed by atoms with Gasteiger partial charge in [0.1, 0.15) is 17.0 Å². The lowest BCUT2D eigenvalue weighted by Gasteiger charge is -2.25. The van der Waals surface area contributed by atoms with Crippen LogP contribution in [0.25, 0.3) is 0 Å². The van der Waals surface area contributed by atoms with E-state index < -0.39 is 17.0 Å². The summed E-state index contributed by atoms with van der Waals surface area (Å²) in [5.74, 6) is -1.82. The summed E-state index contributed by atoms with van der Waals surface area (Å²) in [6, 6.07) is 17.5. The quantitative estimate of drug-likeness (QED) is 0.618. The smallest absolute Gasteiger partial charge is 0.255 e. The molecule has 1 aliphatic heterocycles. The third kappa shape index (κ3) is 4.07. The number of hydrogen-bond acceptors (Lipinski definition) is 3. The molecule has 30 heavy (non-hydrogen) atoms. The molecule has 4 rings (SSSR count). The SMILES string of the molecule is Cc1ccc(C(=O)Nc2cccc([C@@H]3SCC(=O)N3c3ccc(F)cc3F)c2)cc1. The molecular weight excluding hydrogens is 406 g/mol. The van der Waals surface area contributed by atoms with E-state index in [-0.39, 0.29) is 23.3 Å². The van der Waals surface area contributed by atoms with Crippen LogP contribution in [-0.4, -0.2) is 17.6 Å². The van der Waals surface area contributed by atoms with Gasteiger partial charge in [0, 0.05) is 17.3 Å². The van der Waals surface area contributed by atoms with Crippen molar-refractivity contribution >= 4 is 35.0 Å². The third-order valence-corrected chi connectivity index (χ3v) is 5.99. The summed E-state index contributed by atoms with van der Waals surface area (Å²) in [6.07, 6.45) is 0. The standard InChI is InChI=1S/C23H18F2N2O2S/c1-14-5-7-15(8-6-14)22(29)26-18-4-2-3-16(11-18)23-27(21(28)13-30-23)20-10-9-17(24)12-19(20)25/h2-12,23H,13H2,1H3,(H,26,29)/t23-/m0/s1. The van der Waals surface area contributed by atoms with Crippen LogP contribution in [0.5, 0.6) is 0 Å². The first-order chi connectivity index (χ1) is 14.4. The van der Waals surface area contributed by atoms with Gasteiger partial charge in [-0.1, -0.05) is 29.8 Å². The van der Waals surface area contributed by atoms with Crippen molar-refractivity contribution in [1.82, 2.24) is 0 Å². The number of nitrogens with one attached hydrogen (secondary N) is 1. The van der Waals surface area contributed by atoms with E-state index in [1.807, 2.05) is 25.1 Å². The zero-order chi connectivity index (χ0) is 21.3. The molecule has 2 amide bonds. The van der Waals surface area contributed by atoms with Crippen molar-refractivity contribution in [3.05, 3.63) is 95.1 Å². The topological polar surface area (TPSA) is 49.4 Å². The van der Waals surface area contributed by atoms with E-state index in [0.29, 0.717) is 11.3 Å². The number of amides is 2. The summed E-state index contributed by atoms with van der Waals surface area (Å²) >= 11 is 1.35. The van der Waals surface area contributed by atoms with Gasteiger partial charge in [0.15, 0.2) is 0 Å².